The highest BCUT2D eigenvalue weighted by molar-refractivity contribution is 8.03. The molecule has 3 aromatic rings. The second-order valence-corrected chi connectivity index (χ2v) is 7.92. The van der Waals surface area contributed by atoms with Crippen molar-refractivity contribution in [2.24, 2.45) is 7.05 Å². The van der Waals surface area contributed by atoms with Crippen LogP contribution in [-0.2, 0) is 13.5 Å². The van der Waals surface area contributed by atoms with Crippen LogP contribution in [0.5, 0.6) is 0 Å². The Kier molecular flexibility index (Phi) is 5.62. The Morgan fingerprint density at radius 2 is 1.97 bits per heavy atom. The summed E-state index contributed by atoms with van der Waals surface area (Å²) in [5.74, 6) is -0.0623. The van der Waals surface area contributed by atoms with Crippen LogP contribution in [-0.4, -0.2) is 27.7 Å². The predicted octanol–water partition coefficient (Wildman–Crippen LogP) is 4.42. The molecule has 0 aliphatic heterocycles. The Labute approximate surface area is 174 Å². The fourth-order valence-corrected chi connectivity index (χ4v) is 4.46. The molecule has 1 aliphatic rings. The number of aromatic nitrogens is 3. The van der Waals surface area contributed by atoms with Crippen LogP contribution in [0.1, 0.15) is 39.4 Å². The molecule has 0 fully saturated rings. The van der Waals surface area contributed by atoms with Gasteiger partial charge in [0.1, 0.15) is 0 Å². The molecule has 2 aromatic heterocycles. The van der Waals surface area contributed by atoms with Gasteiger partial charge in [0.25, 0.3) is 5.91 Å². The molecule has 6 heteroatoms. The van der Waals surface area contributed by atoms with Crippen LogP contribution in [0.25, 0.3) is 18.2 Å². The van der Waals surface area contributed by atoms with E-state index in [4.69, 9.17) is 5.10 Å². The van der Waals surface area contributed by atoms with E-state index in [0.29, 0.717) is 5.56 Å². The Balaban J connectivity index is 1.60. The van der Waals surface area contributed by atoms with E-state index in [2.05, 4.69) is 16.4 Å². The van der Waals surface area contributed by atoms with E-state index in [1.807, 2.05) is 66.3 Å². The van der Waals surface area contributed by atoms with Gasteiger partial charge in [0.05, 0.1) is 22.6 Å². The summed E-state index contributed by atoms with van der Waals surface area (Å²) in [6.07, 6.45) is 9.86. The number of hydrogen-bond acceptors (Lipinski definition) is 4. The number of pyridine rings is 1. The third-order valence-electron chi connectivity index (χ3n) is 4.84. The SMILES string of the molecule is CNC(=O)c1ccccc1SC1=Cc2c(c(/C=C/c3ccccn3)nn2C)CC1. The minimum atomic E-state index is -0.0623. The maximum atomic E-state index is 12.1. The van der Waals surface area contributed by atoms with Crippen molar-refractivity contribution in [1.82, 2.24) is 20.1 Å². The standard InChI is InChI=1S/C23H22N4OS/c1-24-23(28)19-8-3-4-9-22(19)29-17-11-12-18-20(26-27(2)21(18)15-17)13-10-16-7-5-6-14-25-16/h3-10,13-15H,11-12H2,1-2H3,(H,24,28)/b13-10+. The fraction of sp³-hybridized carbons (Fsp3) is 0.174. The van der Waals surface area contributed by atoms with Crippen molar-refractivity contribution in [2.45, 2.75) is 17.7 Å². The van der Waals surface area contributed by atoms with E-state index in [0.717, 1.165) is 34.8 Å². The molecule has 1 N–H and O–H groups in total. The summed E-state index contributed by atoms with van der Waals surface area (Å²) in [6.45, 7) is 0. The summed E-state index contributed by atoms with van der Waals surface area (Å²) in [6, 6.07) is 13.6. The summed E-state index contributed by atoms with van der Waals surface area (Å²) in [4.78, 5) is 18.7. The summed E-state index contributed by atoms with van der Waals surface area (Å²) in [7, 11) is 3.63. The van der Waals surface area contributed by atoms with Gasteiger partial charge in [0.2, 0.25) is 0 Å². The van der Waals surface area contributed by atoms with Crippen molar-refractivity contribution in [3.05, 3.63) is 81.8 Å². The molecule has 1 amide bonds. The number of fused-ring (bicyclic) bond motifs is 1. The topological polar surface area (TPSA) is 59.8 Å². The lowest BCUT2D eigenvalue weighted by atomic mass is 10.0. The first-order valence-electron chi connectivity index (χ1n) is 9.50. The number of benzene rings is 1. The van der Waals surface area contributed by atoms with Crippen molar-refractivity contribution in [3.63, 3.8) is 0 Å². The highest BCUT2D eigenvalue weighted by atomic mass is 32.2. The molecular formula is C23H22N4OS. The van der Waals surface area contributed by atoms with Crippen molar-refractivity contribution < 1.29 is 4.79 Å². The van der Waals surface area contributed by atoms with Gasteiger partial charge in [-0.15, -0.1) is 0 Å². The van der Waals surface area contributed by atoms with Crippen LogP contribution in [0.15, 0.2) is 58.5 Å². The Morgan fingerprint density at radius 3 is 2.76 bits per heavy atom. The molecule has 0 unspecified atom stereocenters. The summed E-state index contributed by atoms with van der Waals surface area (Å²) < 4.78 is 1.93. The number of amides is 1. The number of rotatable bonds is 5. The van der Waals surface area contributed by atoms with Gasteiger partial charge >= 0.3 is 0 Å². The third kappa shape index (κ3) is 4.17. The number of nitrogens with zero attached hydrogens (tertiary/aromatic N) is 3. The second-order valence-electron chi connectivity index (χ2n) is 6.75. The Hall–Kier alpha value is -3.12. The number of carbonyl (C=O) groups is 1. The van der Waals surface area contributed by atoms with Crippen molar-refractivity contribution in [2.75, 3.05) is 7.05 Å². The van der Waals surface area contributed by atoms with Gasteiger partial charge in [0.15, 0.2) is 0 Å². The lowest BCUT2D eigenvalue weighted by Gasteiger charge is -2.15. The molecule has 29 heavy (non-hydrogen) atoms. The molecule has 1 aromatic carbocycles. The highest BCUT2D eigenvalue weighted by Gasteiger charge is 2.20. The first-order valence-corrected chi connectivity index (χ1v) is 10.3. The van der Waals surface area contributed by atoms with Gasteiger partial charge in [-0.1, -0.05) is 30.0 Å². The maximum absolute atomic E-state index is 12.1. The number of carbonyl (C=O) groups excluding carboxylic acids is 1. The van der Waals surface area contributed by atoms with Crippen LogP contribution in [0.2, 0.25) is 0 Å². The number of allylic oxidation sites excluding steroid dienone is 1. The van der Waals surface area contributed by atoms with E-state index in [-0.39, 0.29) is 5.91 Å². The largest absolute Gasteiger partial charge is 0.355 e. The van der Waals surface area contributed by atoms with Gasteiger partial charge in [-0.2, -0.15) is 5.10 Å². The molecule has 2 heterocycles. The smallest absolute Gasteiger partial charge is 0.252 e. The van der Waals surface area contributed by atoms with Crippen molar-refractivity contribution in [1.29, 1.82) is 0 Å². The lowest BCUT2D eigenvalue weighted by molar-refractivity contribution is 0.0960. The second kappa shape index (κ2) is 8.49. The maximum Gasteiger partial charge on any atom is 0.252 e. The molecule has 4 rings (SSSR count). The van der Waals surface area contributed by atoms with Gasteiger partial charge < -0.3 is 5.32 Å². The van der Waals surface area contributed by atoms with Gasteiger partial charge in [-0.3, -0.25) is 14.5 Å². The molecule has 0 saturated heterocycles. The molecule has 0 bridgehead atoms. The minimum Gasteiger partial charge on any atom is -0.355 e. The normalized spacial score (nSPS) is 13.2. The van der Waals surface area contributed by atoms with Crippen molar-refractivity contribution >= 4 is 35.9 Å². The number of nitrogens with one attached hydrogen (secondary N) is 1. The minimum absolute atomic E-state index is 0.0623. The molecule has 1 aliphatic carbocycles. The fourth-order valence-electron chi connectivity index (χ4n) is 3.38. The zero-order valence-corrected chi connectivity index (χ0v) is 17.2. The summed E-state index contributed by atoms with van der Waals surface area (Å²) in [5, 5.41) is 7.41. The average Bonchev–Trinajstić information content (AvgIpc) is 3.08. The van der Waals surface area contributed by atoms with E-state index in [1.54, 1.807) is 25.0 Å². The van der Waals surface area contributed by atoms with E-state index < -0.39 is 0 Å². The lowest BCUT2D eigenvalue weighted by Crippen LogP contribution is -2.18. The highest BCUT2D eigenvalue weighted by Crippen LogP contribution is 2.38. The molecule has 0 radical (unpaired) electrons. The molecule has 0 saturated carbocycles. The van der Waals surface area contributed by atoms with E-state index in [9.17, 15) is 4.79 Å². The van der Waals surface area contributed by atoms with Crippen LogP contribution in [0, 0.1) is 0 Å². The van der Waals surface area contributed by atoms with Crippen LogP contribution in [0.3, 0.4) is 0 Å². The zero-order chi connectivity index (χ0) is 20.2. The monoisotopic (exact) mass is 402 g/mol. The molecule has 0 atom stereocenters. The Morgan fingerprint density at radius 1 is 1.14 bits per heavy atom. The van der Waals surface area contributed by atoms with Gasteiger partial charge in [0, 0.05) is 30.8 Å². The van der Waals surface area contributed by atoms with Gasteiger partial charge in [-0.25, -0.2) is 0 Å². The molecule has 5 nitrogen and oxygen atoms in total. The molecule has 146 valence electrons. The average molecular weight is 403 g/mol. The van der Waals surface area contributed by atoms with Crippen LogP contribution >= 0.6 is 11.8 Å². The number of thioether (sulfide) groups is 1. The Bertz CT molecular complexity index is 1100. The summed E-state index contributed by atoms with van der Waals surface area (Å²) >= 11 is 1.66. The van der Waals surface area contributed by atoms with Gasteiger partial charge in [-0.05, 0) is 60.2 Å². The van der Waals surface area contributed by atoms with E-state index in [1.165, 1.54) is 10.5 Å². The zero-order valence-electron chi connectivity index (χ0n) is 16.4. The first-order chi connectivity index (χ1) is 14.2. The molecule has 0 spiro atoms. The number of aryl methyl sites for hydroxylation is 1. The first kappa shape index (κ1) is 19.2. The van der Waals surface area contributed by atoms with E-state index >= 15 is 0 Å². The van der Waals surface area contributed by atoms with Crippen LogP contribution in [0.4, 0.5) is 0 Å². The molecular weight excluding hydrogens is 380 g/mol. The van der Waals surface area contributed by atoms with Crippen LogP contribution < -0.4 is 5.32 Å². The third-order valence-corrected chi connectivity index (χ3v) is 6.00. The van der Waals surface area contributed by atoms with Crippen molar-refractivity contribution in [3.8, 4) is 0 Å². The summed E-state index contributed by atoms with van der Waals surface area (Å²) in [5.41, 5.74) is 4.98. The quantitative estimate of drug-likeness (QED) is 0.686. The number of hydrogen-bond donors (Lipinski definition) is 1. The predicted molar refractivity (Wildman–Crippen MR) is 118 cm³/mol.